The number of imidazole rings is 1. The van der Waals surface area contributed by atoms with Gasteiger partial charge in [-0.2, -0.15) is 5.10 Å². The summed E-state index contributed by atoms with van der Waals surface area (Å²) in [5, 5.41) is 4.48. The van der Waals surface area contributed by atoms with Crippen LogP contribution in [-0.2, 0) is 41.3 Å². The van der Waals surface area contributed by atoms with E-state index in [0.717, 1.165) is 50.1 Å². The highest BCUT2D eigenvalue weighted by Gasteiger charge is 2.33. The molecule has 1 saturated carbocycles. The molecule has 9 heteroatoms. The second kappa shape index (κ2) is 8.80. The quantitative estimate of drug-likeness (QED) is 0.570. The summed E-state index contributed by atoms with van der Waals surface area (Å²) < 4.78 is 35.6. The van der Waals surface area contributed by atoms with Gasteiger partial charge in [-0.05, 0) is 45.4 Å². The molecule has 166 valence electrons. The molecule has 1 unspecified atom stereocenters. The second-order valence-electron chi connectivity index (χ2n) is 9.02. The van der Waals surface area contributed by atoms with Gasteiger partial charge >= 0.3 is 0 Å². The Balaban J connectivity index is 1.60. The van der Waals surface area contributed by atoms with Crippen molar-refractivity contribution in [1.82, 2.24) is 24.2 Å². The van der Waals surface area contributed by atoms with Crippen LogP contribution in [0.1, 0.15) is 50.8 Å². The van der Waals surface area contributed by atoms with Gasteiger partial charge in [-0.1, -0.05) is 0 Å². The molecule has 1 saturated heterocycles. The SMILES string of the molecule is CC(C)N(Cc1cnn(C)c1)Cc1cnc(S(=O)(=O)CC2CC2)n1CC1CCCO1. The van der Waals surface area contributed by atoms with Crippen molar-refractivity contribution in [3.63, 3.8) is 0 Å². The van der Waals surface area contributed by atoms with Crippen LogP contribution < -0.4 is 0 Å². The van der Waals surface area contributed by atoms with Gasteiger partial charge in [0, 0.05) is 44.5 Å². The van der Waals surface area contributed by atoms with Crippen LogP contribution in [-0.4, -0.2) is 57.2 Å². The van der Waals surface area contributed by atoms with Crippen LogP contribution in [0, 0.1) is 5.92 Å². The molecule has 0 N–H and O–H groups in total. The van der Waals surface area contributed by atoms with E-state index in [2.05, 4.69) is 28.8 Å². The Hall–Kier alpha value is -1.71. The Morgan fingerprint density at radius 2 is 2.03 bits per heavy atom. The van der Waals surface area contributed by atoms with Gasteiger partial charge < -0.3 is 9.30 Å². The van der Waals surface area contributed by atoms with E-state index in [4.69, 9.17) is 4.74 Å². The van der Waals surface area contributed by atoms with E-state index in [1.807, 2.05) is 24.0 Å². The minimum atomic E-state index is -3.40. The Labute approximate surface area is 179 Å². The highest BCUT2D eigenvalue weighted by molar-refractivity contribution is 7.91. The maximum absolute atomic E-state index is 13.1. The largest absolute Gasteiger partial charge is 0.376 e. The molecule has 1 aliphatic heterocycles. The molecule has 3 heterocycles. The van der Waals surface area contributed by atoms with Gasteiger partial charge in [-0.15, -0.1) is 0 Å². The standard InChI is InChI=1S/C21H33N5O3S/c1-16(2)25(12-18-9-23-24(3)11-18)13-19-10-22-21(30(27,28)15-17-6-7-17)26(19)14-20-5-4-8-29-20/h9-11,16-17,20H,4-8,12-15H2,1-3H3. The summed E-state index contributed by atoms with van der Waals surface area (Å²) in [5.74, 6) is 0.502. The van der Waals surface area contributed by atoms with E-state index in [0.29, 0.717) is 25.0 Å². The molecule has 4 rings (SSSR count). The lowest BCUT2D eigenvalue weighted by atomic mass is 10.2. The molecule has 0 spiro atoms. The van der Waals surface area contributed by atoms with E-state index in [1.165, 1.54) is 0 Å². The molecule has 2 aromatic rings. The van der Waals surface area contributed by atoms with E-state index in [-0.39, 0.29) is 17.0 Å². The zero-order valence-electron chi connectivity index (χ0n) is 18.2. The van der Waals surface area contributed by atoms with E-state index in [1.54, 1.807) is 10.9 Å². The average molecular weight is 436 g/mol. The van der Waals surface area contributed by atoms with Gasteiger partial charge in [0.15, 0.2) is 0 Å². The van der Waals surface area contributed by atoms with Gasteiger partial charge in [-0.3, -0.25) is 9.58 Å². The van der Waals surface area contributed by atoms with Crippen molar-refractivity contribution in [3.8, 4) is 0 Å². The topological polar surface area (TPSA) is 82.3 Å². The number of nitrogens with zero attached hydrogens (tertiary/aromatic N) is 5. The van der Waals surface area contributed by atoms with E-state index >= 15 is 0 Å². The van der Waals surface area contributed by atoms with Gasteiger partial charge in [0.2, 0.25) is 15.0 Å². The molecule has 0 bridgehead atoms. The predicted molar refractivity (Wildman–Crippen MR) is 114 cm³/mol. The molecule has 1 aliphatic carbocycles. The minimum absolute atomic E-state index is 0.0543. The van der Waals surface area contributed by atoms with Crippen molar-refractivity contribution < 1.29 is 13.2 Å². The highest BCUT2D eigenvalue weighted by atomic mass is 32.2. The van der Waals surface area contributed by atoms with Gasteiger partial charge in [0.05, 0.1) is 36.5 Å². The van der Waals surface area contributed by atoms with Crippen LogP contribution in [0.25, 0.3) is 0 Å². The van der Waals surface area contributed by atoms with Gasteiger partial charge in [0.25, 0.3) is 0 Å². The Kier molecular flexibility index (Phi) is 6.31. The van der Waals surface area contributed by atoms with Crippen LogP contribution in [0.3, 0.4) is 0 Å². The second-order valence-corrected chi connectivity index (χ2v) is 11.0. The van der Waals surface area contributed by atoms with Gasteiger partial charge in [0.1, 0.15) is 0 Å². The Bertz CT molecular complexity index is 955. The molecule has 0 aromatic carbocycles. The van der Waals surface area contributed by atoms with Crippen LogP contribution in [0.5, 0.6) is 0 Å². The zero-order chi connectivity index (χ0) is 21.3. The maximum atomic E-state index is 13.1. The number of aromatic nitrogens is 4. The third-order valence-corrected chi connectivity index (χ3v) is 7.77. The lowest BCUT2D eigenvalue weighted by Crippen LogP contribution is -2.31. The summed E-state index contributed by atoms with van der Waals surface area (Å²) in [4.78, 5) is 6.73. The third-order valence-electron chi connectivity index (χ3n) is 5.98. The normalized spacial score (nSPS) is 20.0. The fourth-order valence-corrected chi connectivity index (χ4v) is 5.88. The molecule has 2 aromatic heterocycles. The predicted octanol–water partition coefficient (Wildman–Crippen LogP) is 2.39. The van der Waals surface area contributed by atoms with Crippen LogP contribution in [0.4, 0.5) is 0 Å². The van der Waals surface area contributed by atoms with Crippen molar-refractivity contribution in [1.29, 1.82) is 0 Å². The first kappa shape index (κ1) is 21.5. The van der Waals surface area contributed by atoms with Crippen molar-refractivity contribution >= 4 is 9.84 Å². The van der Waals surface area contributed by atoms with Gasteiger partial charge in [-0.25, -0.2) is 13.4 Å². The molecule has 2 fully saturated rings. The van der Waals surface area contributed by atoms with Crippen LogP contribution in [0.15, 0.2) is 23.7 Å². The molecule has 8 nitrogen and oxygen atoms in total. The molecule has 0 radical (unpaired) electrons. The Morgan fingerprint density at radius 1 is 1.23 bits per heavy atom. The maximum Gasteiger partial charge on any atom is 0.227 e. The van der Waals surface area contributed by atoms with E-state index in [9.17, 15) is 8.42 Å². The first-order valence-corrected chi connectivity index (χ1v) is 12.6. The summed E-state index contributed by atoms with van der Waals surface area (Å²) in [5.41, 5.74) is 2.07. The fourth-order valence-electron chi connectivity index (χ4n) is 4.04. The number of hydrogen-bond donors (Lipinski definition) is 0. The summed E-state index contributed by atoms with van der Waals surface area (Å²) in [6, 6.07) is 0.294. The number of ether oxygens (including phenoxy) is 1. The van der Waals surface area contributed by atoms with Crippen molar-refractivity contribution in [2.75, 3.05) is 12.4 Å². The first-order chi connectivity index (χ1) is 14.3. The third kappa shape index (κ3) is 5.12. The molecule has 0 amide bonds. The lowest BCUT2D eigenvalue weighted by Gasteiger charge is -2.27. The number of sulfone groups is 1. The van der Waals surface area contributed by atoms with Crippen molar-refractivity contribution in [3.05, 3.63) is 29.8 Å². The Morgan fingerprint density at radius 3 is 2.63 bits per heavy atom. The van der Waals surface area contributed by atoms with Crippen LogP contribution in [0.2, 0.25) is 0 Å². The molecular weight excluding hydrogens is 402 g/mol. The van der Waals surface area contributed by atoms with Crippen molar-refractivity contribution in [2.45, 2.75) is 76.5 Å². The fraction of sp³-hybridized carbons (Fsp3) is 0.714. The summed E-state index contributed by atoms with van der Waals surface area (Å²) >= 11 is 0. The van der Waals surface area contributed by atoms with Crippen LogP contribution >= 0.6 is 0 Å². The zero-order valence-corrected chi connectivity index (χ0v) is 19.0. The van der Waals surface area contributed by atoms with Crippen molar-refractivity contribution in [2.24, 2.45) is 13.0 Å². The summed E-state index contributed by atoms with van der Waals surface area (Å²) in [6.07, 6.45) is 9.69. The van der Waals surface area contributed by atoms with E-state index < -0.39 is 9.84 Å². The monoisotopic (exact) mass is 435 g/mol. The molecule has 30 heavy (non-hydrogen) atoms. The number of hydrogen-bond acceptors (Lipinski definition) is 6. The lowest BCUT2D eigenvalue weighted by molar-refractivity contribution is 0.0927. The molecule has 1 atom stereocenters. The first-order valence-electron chi connectivity index (χ1n) is 10.9. The molecule has 2 aliphatic rings. The smallest absolute Gasteiger partial charge is 0.227 e. The molecular formula is C21H33N5O3S. The number of aryl methyl sites for hydroxylation is 1. The summed E-state index contributed by atoms with van der Waals surface area (Å²) in [6.45, 7) is 6.99. The minimum Gasteiger partial charge on any atom is -0.376 e. The average Bonchev–Trinajstić information content (AvgIpc) is 3.07. The summed E-state index contributed by atoms with van der Waals surface area (Å²) in [7, 11) is -1.48. The number of rotatable bonds is 10. The highest BCUT2D eigenvalue weighted by Crippen LogP contribution is 2.32.